The molecular weight excluding hydrogens is 102 g/mol. The van der Waals surface area contributed by atoms with Gasteiger partial charge in [0.1, 0.15) is 0 Å². The van der Waals surface area contributed by atoms with E-state index in [0.717, 1.165) is 0 Å². The molecule has 8 heavy (non-hydrogen) atoms. The molecule has 0 aliphatic carbocycles. The molecule has 0 fully saturated rings. The molecule has 1 N–H and O–H groups in total. The van der Waals surface area contributed by atoms with Crippen LogP contribution in [0.4, 0.5) is 0 Å². The molecule has 0 atom stereocenters. The van der Waals surface area contributed by atoms with Crippen LogP contribution in [-0.4, -0.2) is 12.6 Å². The van der Waals surface area contributed by atoms with Crippen LogP contribution in [0.5, 0.6) is 0 Å². The Bertz CT molecular complexity index is 61.5. The van der Waals surface area contributed by atoms with Gasteiger partial charge in [-0.05, 0) is 13.8 Å². The summed E-state index contributed by atoms with van der Waals surface area (Å²) in [6.07, 6.45) is 2.00. The molecule has 0 aliphatic rings. The topological polar surface area (TPSA) is 21.3 Å². The highest BCUT2D eigenvalue weighted by Crippen LogP contribution is 1.80. The van der Waals surface area contributed by atoms with Gasteiger partial charge >= 0.3 is 0 Å². The summed E-state index contributed by atoms with van der Waals surface area (Å²) in [4.78, 5) is 4.96. The fraction of sp³-hybridized carbons (Fsp3) is 0.667. The largest absolute Gasteiger partial charge is 0.299 e. The molecular formula is C6H13NO. The van der Waals surface area contributed by atoms with Crippen LogP contribution in [0.1, 0.15) is 13.8 Å². The van der Waals surface area contributed by atoms with Crippen molar-refractivity contribution in [2.75, 3.05) is 6.54 Å². The first kappa shape index (κ1) is 7.66. The first-order chi connectivity index (χ1) is 3.77. The molecule has 0 unspecified atom stereocenters. The number of hydrogen-bond acceptors (Lipinski definition) is 2. The van der Waals surface area contributed by atoms with Gasteiger partial charge < -0.3 is 0 Å². The predicted molar refractivity (Wildman–Crippen MR) is 34.4 cm³/mol. The lowest BCUT2D eigenvalue weighted by atomic mass is 10.5. The SMILES string of the molecule is C=CCNOC(C)C. The molecule has 48 valence electrons. The Morgan fingerprint density at radius 3 is 2.75 bits per heavy atom. The van der Waals surface area contributed by atoms with Crippen molar-refractivity contribution in [2.45, 2.75) is 20.0 Å². The van der Waals surface area contributed by atoms with Crippen LogP contribution in [0, 0.1) is 0 Å². The van der Waals surface area contributed by atoms with E-state index in [4.69, 9.17) is 4.84 Å². The zero-order chi connectivity index (χ0) is 6.41. The maximum atomic E-state index is 4.96. The highest BCUT2D eigenvalue weighted by atomic mass is 16.7. The van der Waals surface area contributed by atoms with Crippen LogP contribution in [-0.2, 0) is 4.84 Å². The molecule has 0 aromatic rings. The average molecular weight is 115 g/mol. The van der Waals surface area contributed by atoms with Gasteiger partial charge in [0.15, 0.2) is 0 Å². The first-order valence-corrected chi connectivity index (χ1v) is 2.76. The lowest BCUT2D eigenvalue weighted by Crippen LogP contribution is -2.19. The molecule has 2 heteroatoms. The van der Waals surface area contributed by atoms with Crippen molar-refractivity contribution < 1.29 is 4.84 Å². The molecule has 0 bridgehead atoms. The maximum Gasteiger partial charge on any atom is 0.0734 e. The Balaban J connectivity index is 2.81. The number of rotatable bonds is 4. The summed E-state index contributed by atoms with van der Waals surface area (Å²) in [5, 5.41) is 0. The van der Waals surface area contributed by atoms with Crippen LogP contribution in [0.25, 0.3) is 0 Å². The summed E-state index contributed by atoms with van der Waals surface area (Å²) in [5.74, 6) is 0. The fourth-order valence-corrected chi connectivity index (χ4v) is 0.274. The molecule has 2 nitrogen and oxygen atoms in total. The summed E-state index contributed by atoms with van der Waals surface area (Å²) < 4.78 is 0. The number of hydrogen-bond donors (Lipinski definition) is 1. The van der Waals surface area contributed by atoms with Gasteiger partial charge in [0, 0.05) is 6.54 Å². The molecule has 0 heterocycles. The summed E-state index contributed by atoms with van der Waals surface area (Å²) in [5.41, 5.74) is 2.72. The summed E-state index contributed by atoms with van der Waals surface area (Å²) >= 11 is 0. The summed E-state index contributed by atoms with van der Waals surface area (Å²) in [6, 6.07) is 0. The van der Waals surface area contributed by atoms with E-state index < -0.39 is 0 Å². The van der Waals surface area contributed by atoms with Crippen LogP contribution >= 0.6 is 0 Å². The number of hydroxylamine groups is 1. The van der Waals surface area contributed by atoms with Crippen LogP contribution < -0.4 is 5.48 Å². The fourth-order valence-electron chi connectivity index (χ4n) is 0.274. The minimum Gasteiger partial charge on any atom is -0.299 e. The minimum absolute atomic E-state index is 0.245. The monoisotopic (exact) mass is 115 g/mol. The summed E-state index contributed by atoms with van der Waals surface area (Å²) in [6.45, 7) is 8.16. The van der Waals surface area contributed by atoms with E-state index in [1.807, 2.05) is 13.8 Å². The lowest BCUT2D eigenvalue weighted by molar-refractivity contribution is 0.00145. The predicted octanol–water partition coefficient (Wildman–Crippen LogP) is 1.10. The van der Waals surface area contributed by atoms with Crippen molar-refractivity contribution in [3.05, 3.63) is 12.7 Å². The van der Waals surface area contributed by atoms with Crippen LogP contribution in [0.15, 0.2) is 12.7 Å². The van der Waals surface area contributed by atoms with E-state index in [1.165, 1.54) is 0 Å². The van der Waals surface area contributed by atoms with Gasteiger partial charge in [-0.2, -0.15) is 5.48 Å². The minimum atomic E-state index is 0.245. The average Bonchev–Trinajstić information content (AvgIpc) is 1.66. The Labute approximate surface area is 50.5 Å². The zero-order valence-electron chi connectivity index (χ0n) is 5.48. The van der Waals surface area contributed by atoms with Crippen molar-refractivity contribution in [1.29, 1.82) is 0 Å². The third-order valence-electron chi connectivity index (χ3n) is 0.547. The quantitative estimate of drug-likeness (QED) is 0.336. The standard InChI is InChI=1S/C6H13NO/c1-4-5-7-8-6(2)3/h4,6-7H,1,5H2,2-3H3. The lowest BCUT2D eigenvalue weighted by Gasteiger charge is -2.04. The van der Waals surface area contributed by atoms with Crippen molar-refractivity contribution >= 4 is 0 Å². The Kier molecular flexibility index (Phi) is 4.61. The van der Waals surface area contributed by atoms with Crippen molar-refractivity contribution in [3.8, 4) is 0 Å². The molecule has 0 saturated carbocycles. The van der Waals surface area contributed by atoms with E-state index in [2.05, 4.69) is 12.1 Å². The van der Waals surface area contributed by atoms with Crippen LogP contribution in [0.3, 0.4) is 0 Å². The van der Waals surface area contributed by atoms with Gasteiger partial charge in [-0.15, -0.1) is 6.58 Å². The highest BCUT2D eigenvalue weighted by molar-refractivity contribution is 4.66. The number of nitrogens with one attached hydrogen (secondary N) is 1. The van der Waals surface area contributed by atoms with Gasteiger partial charge in [0.2, 0.25) is 0 Å². The van der Waals surface area contributed by atoms with Crippen molar-refractivity contribution in [3.63, 3.8) is 0 Å². The normalized spacial score (nSPS) is 9.88. The second-order valence-corrected chi connectivity index (χ2v) is 1.80. The maximum absolute atomic E-state index is 4.96. The second-order valence-electron chi connectivity index (χ2n) is 1.80. The zero-order valence-corrected chi connectivity index (χ0v) is 5.48. The van der Waals surface area contributed by atoms with Gasteiger partial charge in [-0.3, -0.25) is 4.84 Å². The molecule has 0 aromatic carbocycles. The van der Waals surface area contributed by atoms with E-state index in [0.29, 0.717) is 6.54 Å². The molecule has 0 amide bonds. The van der Waals surface area contributed by atoms with Gasteiger partial charge in [-0.1, -0.05) is 6.08 Å². The van der Waals surface area contributed by atoms with Crippen LogP contribution in [0.2, 0.25) is 0 Å². The van der Waals surface area contributed by atoms with Crippen molar-refractivity contribution in [1.82, 2.24) is 5.48 Å². The Hall–Kier alpha value is -0.340. The molecule has 0 saturated heterocycles. The van der Waals surface area contributed by atoms with Gasteiger partial charge in [0.25, 0.3) is 0 Å². The van der Waals surface area contributed by atoms with E-state index in [1.54, 1.807) is 6.08 Å². The molecule has 0 aromatic heterocycles. The van der Waals surface area contributed by atoms with E-state index >= 15 is 0 Å². The molecule has 0 spiro atoms. The molecule has 0 radical (unpaired) electrons. The van der Waals surface area contributed by atoms with E-state index in [-0.39, 0.29) is 6.10 Å². The van der Waals surface area contributed by atoms with Gasteiger partial charge in [-0.25, -0.2) is 0 Å². The smallest absolute Gasteiger partial charge is 0.0734 e. The van der Waals surface area contributed by atoms with E-state index in [9.17, 15) is 0 Å². The molecule has 0 aliphatic heterocycles. The highest BCUT2D eigenvalue weighted by Gasteiger charge is 1.87. The van der Waals surface area contributed by atoms with Crippen molar-refractivity contribution in [2.24, 2.45) is 0 Å². The summed E-state index contributed by atoms with van der Waals surface area (Å²) in [7, 11) is 0. The third-order valence-corrected chi connectivity index (χ3v) is 0.547. The second kappa shape index (κ2) is 4.81. The van der Waals surface area contributed by atoms with Gasteiger partial charge in [0.05, 0.1) is 6.10 Å². The third kappa shape index (κ3) is 5.66. The Morgan fingerprint density at radius 1 is 1.75 bits per heavy atom. The Morgan fingerprint density at radius 2 is 2.38 bits per heavy atom. The first-order valence-electron chi connectivity index (χ1n) is 2.76. The molecule has 0 rings (SSSR count).